The summed E-state index contributed by atoms with van der Waals surface area (Å²) >= 11 is 7.34. The number of halogens is 6. The second-order valence-electron chi connectivity index (χ2n) is 14.0. The van der Waals surface area contributed by atoms with Gasteiger partial charge in [0, 0.05) is 36.3 Å². The third-order valence-electron chi connectivity index (χ3n) is 9.01. The fraction of sp³-hybridized carbons (Fsp3) is 0.395. The average molecular weight is 765 g/mol. The van der Waals surface area contributed by atoms with Crippen molar-refractivity contribution in [1.82, 2.24) is 9.80 Å². The minimum atomic E-state index is -5.02. The summed E-state index contributed by atoms with van der Waals surface area (Å²) in [5, 5.41) is 9.62. The van der Waals surface area contributed by atoms with Gasteiger partial charge in [-0.1, -0.05) is 62.7 Å². The maximum absolute atomic E-state index is 14.9. The molecule has 1 aromatic heterocycles. The molecule has 5 rings (SSSR count). The summed E-state index contributed by atoms with van der Waals surface area (Å²) in [4.78, 5) is 41.5. The van der Waals surface area contributed by atoms with Crippen molar-refractivity contribution in [1.29, 1.82) is 0 Å². The average Bonchev–Trinajstić information content (AvgIpc) is 3.45. The van der Waals surface area contributed by atoms with Gasteiger partial charge in [0.2, 0.25) is 0 Å². The van der Waals surface area contributed by atoms with Crippen LogP contribution in [-0.4, -0.2) is 64.1 Å². The Morgan fingerprint density at radius 1 is 0.885 bits per heavy atom. The lowest BCUT2D eigenvalue weighted by Gasteiger charge is -2.41. The highest BCUT2D eigenvalue weighted by Gasteiger charge is 2.39. The van der Waals surface area contributed by atoms with Gasteiger partial charge in [0.1, 0.15) is 22.3 Å². The SMILES string of the molecule is CCOc1ccc(-c2ccc(C(=O)C(F)(F)F)cc2)cc1CN(C(=O)c1sc2c(F)ccc(F)c2c1Cl)C1CCC(N(CC(C)(C)C)C(=O)O)CC1. The van der Waals surface area contributed by atoms with Crippen LogP contribution in [0.15, 0.2) is 54.6 Å². The third-order valence-corrected chi connectivity index (χ3v) is 10.7. The van der Waals surface area contributed by atoms with Crippen LogP contribution in [0.5, 0.6) is 5.75 Å². The van der Waals surface area contributed by atoms with Crippen LogP contribution in [0.2, 0.25) is 5.02 Å². The van der Waals surface area contributed by atoms with Gasteiger partial charge in [0.15, 0.2) is 0 Å². The minimum Gasteiger partial charge on any atom is -0.494 e. The molecule has 1 fully saturated rings. The highest BCUT2D eigenvalue weighted by atomic mass is 35.5. The number of ether oxygens (including phenoxy) is 1. The number of Topliss-reactive ketones (excluding diaryl/α,β-unsaturated/α-hetero) is 1. The molecule has 52 heavy (non-hydrogen) atoms. The molecule has 1 heterocycles. The van der Waals surface area contributed by atoms with Crippen molar-refractivity contribution in [3.05, 3.63) is 87.3 Å². The zero-order chi connectivity index (χ0) is 38.1. The third kappa shape index (κ3) is 8.52. The Bertz CT molecular complexity index is 1970. The fourth-order valence-corrected chi connectivity index (χ4v) is 8.12. The molecule has 0 radical (unpaired) electrons. The number of thiophene rings is 1. The van der Waals surface area contributed by atoms with Crippen LogP contribution >= 0.6 is 22.9 Å². The zero-order valence-electron chi connectivity index (χ0n) is 29.0. The molecule has 278 valence electrons. The number of rotatable bonds is 10. The number of fused-ring (bicyclic) bond motifs is 1. The summed E-state index contributed by atoms with van der Waals surface area (Å²) < 4.78 is 74.5. The molecule has 1 aliphatic carbocycles. The van der Waals surface area contributed by atoms with E-state index in [2.05, 4.69) is 0 Å². The number of alkyl halides is 3. The first kappa shape index (κ1) is 39.0. The van der Waals surface area contributed by atoms with Gasteiger partial charge in [0.25, 0.3) is 11.7 Å². The van der Waals surface area contributed by atoms with Gasteiger partial charge in [-0.3, -0.25) is 9.59 Å². The molecule has 4 aromatic rings. The summed E-state index contributed by atoms with van der Waals surface area (Å²) in [5.41, 5.74) is 0.831. The van der Waals surface area contributed by atoms with E-state index in [1.807, 2.05) is 20.8 Å². The molecule has 3 aromatic carbocycles. The second kappa shape index (κ2) is 15.4. The van der Waals surface area contributed by atoms with E-state index < -0.39 is 47.2 Å². The Balaban J connectivity index is 1.53. The Kier molecular flexibility index (Phi) is 11.5. The highest BCUT2D eigenvalue weighted by molar-refractivity contribution is 7.21. The maximum Gasteiger partial charge on any atom is 0.454 e. The number of benzene rings is 3. The molecular weight excluding hydrogens is 727 g/mol. The van der Waals surface area contributed by atoms with Gasteiger partial charge in [-0.25, -0.2) is 13.6 Å². The van der Waals surface area contributed by atoms with Crippen molar-refractivity contribution in [2.75, 3.05) is 13.2 Å². The molecule has 7 nitrogen and oxygen atoms in total. The summed E-state index contributed by atoms with van der Waals surface area (Å²) in [6, 6.07) is 11.3. The first-order valence-corrected chi connectivity index (χ1v) is 17.9. The Morgan fingerprint density at radius 2 is 1.46 bits per heavy atom. The lowest BCUT2D eigenvalue weighted by atomic mass is 9.87. The Labute approximate surface area is 306 Å². The van der Waals surface area contributed by atoms with Gasteiger partial charge in [-0.15, -0.1) is 11.3 Å². The maximum atomic E-state index is 14.9. The molecule has 1 aliphatic rings. The van der Waals surface area contributed by atoms with Crippen molar-refractivity contribution in [3.63, 3.8) is 0 Å². The molecule has 0 unspecified atom stereocenters. The van der Waals surface area contributed by atoms with Gasteiger partial charge >= 0.3 is 12.3 Å². The molecule has 0 spiro atoms. The van der Waals surface area contributed by atoms with Crippen LogP contribution in [0, 0.1) is 17.0 Å². The van der Waals surface area contributed by atoms with Crippen LogP contribution in [-0.2, 0) is 6.54 Å². The Hall–Kier alpha value is -4.23. The van der Waals surface area contributed by atoms with E-state index in [1.54, 1.807) is 30.0 Å². The minimum absolute atomic E-state index is 0.0395. The first-order chi connectivity index (χ1) is 24.4. The van der Waals surface area contributed by atoms with E-state index in [-0.39, 0.29) is 44.6 Å². The van der Waals surface area contributed by atoms with Crippen molar-refractivity contribution in [3.8, 4) is 16.9 Å². The summed E-state index contributed by atoms with van der Waals surface area (Å²) in [7, 11) is 0. The fourth-order valence-electron chi connectivity index (χ4n) is 6.62. The van der Waals surface area contributed by atoms with Gasteiger partial charge in [-0.05, 0) is 73.4 Å². The normalized spacial score (nSPS) is 16.5. The second-order valence-corrected chi connectivity index (χ2v) is 15.4. The van der Waals surface area contributed by atoms with Crippen LogP contribution in [0.1, 0.15) is 79.0 Å². The molecule has 1 saturated carbocycles. The molecular formula is C38H38ClF5N2O5S. The van der Waals surface area contributed by atoms with Crippen LogP contribution in [0.3, 0.4) is 0 Å². The molecule has 2 amide bonds. The lowest BCUT2D eigenvalue weighted by molar-refractivity contribution is -0.0885. The highest BCUT2D eigenvalue weighted by Crippen LogP contribution is 2.41. The summed E-state index contributed by atoms with van der Waals surface area (Å²) in [6.45, 7) is 8.21. The molecule has 1 N–H and O–H groups in total. The number of hydrogen-bond donors (Lipinski definition) is 1. The predicted octanol–water partition coefficient (Wildman–Crippen LogP) is 10.6. The molecule has 0 bridgehead atoms. The van der Waals surface area contributed by atoms with Crippen LogP contribution < -0.4 is 4.74 Å². The monoisotopic (exact) mass is 764 g/mol. The number of ketones is 1. The molecule has 0 aliphatic heterocycles. The van der Waals surface area contributed by atoms with Crippen molar-refractivity contribution in [2.24, 2.45) is 5.41 Å². The van der Waals surface area contributed by atoms with Gasteiger partial charge in [-0.2, -0.15) is 13.2 Å². The number of hydrogen-bond acceptors (Lipinski definition) is 5. The number of carbonyl (C=O) groups is 3. The van der Waals surface area contributed by atoms with E-state index in [4.69, 9.17) is 16.3 Å². The van der Waals surface area contributed by atoms with Crippen molar-refractivity contribution in [2.45, 2.75) is 78.2 Å². The Morgan fingerprint density at radius 3 is 2.00 bits per heavy atom. The van der Waals surface area contributed by atoms with E-state index in [0.717, 1.165) is 35.6 Å². The number of carbonyl (C=O) groups excluding carboxylic acids is 2. The number of amides is 2. The summed E-state index contributed by atoms with van der Waals surface area (Å²) in [5.74, 6) is -3.59. The zero-order valence-corrected chi connectivity index (χ0v) is 30.5. The van der Waals surface area contributed by atoms with Crippen molar-refractivity contribution < 1.29 is 46.2 Å². The topological polar surface area (TPSA) is 87.2 Å². The first-order valence-electron chi connectivity index (χ1n) is 16.7. The van der Waals surface area contributed by atoms with E-state index in [9.17, 15) is 41.4 Å². The standard InChI is InChI=1S/C38H38ClF5N2O5S/c1-5-51-29-17-10-23(21-6-8-22(9-7-21)34(47)38(42,43)44)18-24(29)19-45(25-11-13-26(14-12-25)46(36(49)50)20-37(2,3)4)35(48)33-31(39)30-27(40)15-16-28(41)32(30)52-33/h6-10,15-18,25-26H,5,11-14,19-20H2,1-4H3,(H,49,50). The lowest BCUT2D eigenvalue weighted by Crippen LogP contribution is -2.49. The predicted molar refractivity (Wildman–Crippen MR) is 190 cm³/mol. The number of carboxylic acid groups (broad SMARTS) is 1. The van der Waals surface area contributed by atoms with E-state index in [1.165, 1.54) is 17.0 Å². The van der Waals surface area contributed by atoms with Crippen LogP contribution in [0.25, 0.3) is 21.2 Å². The largest absolute Gasteiger partial charge is 0.494 e. The number of nitrogens with zero attached hydrogens (tertiary/aromatic N) is 2. The molecule has 0 saturated heterocycles. The van der Waals surface area contributed by atoms with E-state index >= 15 is 0 Å². The van der Waals surface area contributed by atoms with E-state index in [0.29, 0.717) is 54.7 Å². The molecule has 0 atom stereocenters. The molecule has 14 heteroatoms. The van der Waals surface area contributed by atoms with Gasteiger partial charge < -0.3 is 19.6 Å². The smallest absolute Gasteiger partial charge is 0.454 e. The van der Waals surface area contributed by atoms with Crippen LogP contribution in [0.4, 0.5) is 26.7 Å². The quantitative estimate of drug-likeness (QED) is 0.128. The van der Waals surface area contributed by atoms with Crippen molar-refractivity contribution >= 4 is 50.8 Å². The summed E-state index contributed by atoms with van der Waals surface area (Å²) in [6.07, 6.45) is -4.28. The van der Waals surface area contributed by atoms with Gasteiger partial charge in [0.05, 0.1) is 21.7 Å².